The fourth-order valence-corrected chi connectivity index (χ4v) is 10.9. The molecule has 0 atom stereocenters. The van der Waals surface area contributed by atoms with Gasteiger partial charge >= 0.3 is 0 Å². The van der Waals surface area contributed by atoms with E-state index in [-0.39, 0.29) is 10.8 Å². The molecule has 1 nitrogen and oxygen atoms in total. The smallest absolute Gasteiger partial charge is 0.0588 e. The monoisotopic (exact) mass is 727 g/mol. The molecule has 9 aromatic carbocycles. The van der Waals surface area contributed by atoms with E-state index in [2.05, 4.69) is 208 Å². The molecule has 2 aliphatic carbocycles. The minimum Gasteiger partial charge on any atom is -0.309 e. The predicted molar refractivity (Wildman–Crippen MR) is 242 cm³/mol. The summed E-state index contributed by atoms with van der Waals surface area (Å²) in [4.78, 5) is 0. The second-order valence-electron chi connectivity index (χ2n) is 17.3. The lowest BCUT2D eigenvalue weighted by molar-refractivity contribution is 0.661. The zero-order valence-electron chi connectivity index (χ0n) is 32.7. The van der Waals surface area contributed by atoms with Gasteiger partial charge in [-0.15, -0.1) is 0 Å². The maximum absolute atomic E-state index is 2.69. The first-order valence-electron chi connectivity index (χ1n) is 20.3. The van der Waals surface area contributed by atoms with Gasteiger partial charge in [0.25, 0.3) is 0 Å². The number of rotatable bonds is 3. The van der Waals surface area contributed by atoms with Gasteiger partial charge in [0.15, 0.2) is 0 Å². The minimum atomic E-state index is -0.239. The number of hydrogen-bond acceptors (Lipinski definition) is 0. The SMILES string of the molecule is CC1(C)c2ccc3ccccc3c2-c2ccc3c4ccc5c(c4n(-c4cc(-c6ccccc6)cc(-c6ccccc6)c4)c3c21)C(C)(C)c1ccc2ccccc2c1-5. The van der Waals surface area contributed by atoms with Gasteiger partial charge < -0.3 is 4.57 Å². The van der Waals surface area contributed by atoms with Gasteiger partial charge in [0.2, 0.25) is 0 Å². The summed E-state index contributed by atoms with van der Waals surface area (Å²) in [6.07, 6.45) is 0. The van der Waals surface area contributed by atoms with Crippen LogP contribution in [0.3, 0.4) is 0 Å². The van der Waals surface area contributed by atoms with E-state index in [9.17, 15) is 0 Å². The molecule has 0 radical (unpaired) electrons. The molecule has 10 aromatic rings. The molecule has 0 saturated carbocycles. The first kappa shape index (κ1) is 32.5. The largest absolute Gasteiger partial charge is 0.309 e. The highest BCUT2D eigenvalue weighted by atomic mass is 15.0. The summed E-state index contributed by atoms with van der Waals surface area (Å²) in [5.74, 6) is 0. The molecule has 2 aliphatic rings. The molecule has 12 rings (SSSR count). The van der Waals surface area contributed by atoms with Crippen molar-refractivity contribution in [2.45, 2.75) is 38.5 Å². The Morgan fingerprint density at radius 1 is 0.351 bits per heavy atom. The van der Waals surface area contributed by atoms with Crippen molar-refractivity contribution < 1.29 is 0 Å². The van der Waals surface area contributed by atoms with Crippen molar-refractivity contribution in [2.75, 3.05) is 0 Å². The lowest BCUT2D eigenvalue weighted by atomic mass is 9.81. The van der Waals surface area contributed by atoms with Crippen molar-refractivity contribution in [1.82, 2.24) is 4.57 Å². The maximum Gasteiger partial charge on any atom is 0.0588 e. The summed E-state index contributed by atoms with van der Waals surface area (Å²) in [5.41, 5.74) is 19.2. The summed E-state index contributed by atoms with van der Waals surface area (Å²) >= 11 is 0. The predicted octanol–water partition coefficient (Wildman–Crippen LogP) is 15.0. The minimum absolute atomic E-state index is 0.239. The van der Waals surface area contributed by atoms with Crippen LogP contribution < -0.4 is 0 Å². The third kappa shape index (κ3) is 4.35. The molecule has 0 amide bonds. The standard InChI is InChI=1S/C56H41N/c1-55(2)47-29-23-36-19-11-13-21-41(36)49(47)45-27-25-43-44-26-28-46-50-42-22-14-12-20-37(42)24-30-48(50)56(3,4)52(46)54(44)57(53(43)51(45)55)40-32-38(34-15-7-5-8-16-34)31-39(33-40)35-17-9-6-10-18-35/h5-33H,1-4H3. The first-order chi connectivity index (χ1) is 27.8. The maximum atomic E-state index is 2.69. The molecule has 1 heterocycles. The average molecular weight is 728 g/mol. The topological polar surface area (TPSA) is 4.93 Å². The number of nitrogens with zero attached hydrogens (tertiary/aromatic N) is 1. The fourth-order valence-electron chi connectivity index (χ4n) is 10.9. The van der Waals surface area contributed by atoms with Crippen LogP contribution in [0.5, 0.6) is 0 Å². The quantitative estimate of drug-likeness (QED) is 0.171. The molecule has 57 heavy (non-hydrogen) atoms. The lowest BCUT2D eigenvalue weighted by Crippen LogP contribution is -2.18. The van der Waals surface area contributed by atoms with Crippen molar-refractivity contribution in [2.24, 2.45) is 0 Å². The Morgan fingerprint density at radius 2 is 0.772 bits per heavy atom. The molecule has 0 fully saturated rings. The molecule has 0 bridgehead atoms. The number of fused-ring (bicyclic) bond motifs is 15. The number of aromatic nitrogens is 1. The van der Waals surface area contributed by atoms with Crippen LogP contribution in [0.25, 0.3) is 93.5 Å². The normalized spacial score (nSPS) is 14.6. The Bertz CT molecular complexity index is 3100. The van der Waals surface area contributed by atoms with Crippen LogP contribution in [0.15, 0.2) is 176 Å². The molecule has 0 spiro atoms. The molecule has 0 unspecified atom stereocenters. The molecular weight excluding hydrogens is 687 g/mol. The van der Waals surface area contributed by atoms with Gasteiger partial charge in [0.1, 0.15) is 0 Å². The summed E-state index contributed by atoms with van der Waals surface area (Å²) in [5, 5.41) is 7.83. The molecule has 0 saturated heterocycles. The number of hydrogen-bond donors (Lipinski definition) is 0. The molecule has 270 valence electrons. The van der Waals surface area contributed by atoms with Crippen molar-refractivity contribution >= 4 is 43.4 Å². The van der Waals surface area contributed by atoms with Crippen LogP contribution in [0.2, 0.25) is 0 Å². The fraction of sp³-hybridized carbons (Fsp3) is 0.107. The van der Waals surface area contributed by atoms with Crippen LogP contribution in [0, 0.1) is 0 Å². The Balaban J connectivity index is 1.28. The summed E-state index contributed by atoms with van der Waals surface area (Å²) < 4.78 is 2.69. The van der Waals surface area contributed by atoms with E-state index in [1.54, 1.807) is 0 Å². The molecule has 0 aliphatic heterocycles. The van der Waals surface area contributed by atoms with Gasteiger partial charge in [-0.3, -0.25) is 0 Å². The van der Waals surface area contributed by atoms with E-state index in [0.29, 0.717) is 0 Å². The number of benzene rings is 9. The Morgan fingerprint density at radius 3 is 1.23 bits per heavy atom. The zero-order chi connectivity index (χ0) is 38.2. The molecule has 1 heteroatoms. The van der Waals surface area contributed by atoms with E-state index < -0.39 is 0 Å². The zero-order valence-corrected chi connectivity index (χ0v) is 32.7. The van der Waals surface area contributed by atoms with E-state index in [0.717, 1.165) is 0 Å². The highest BCUT2D eigenvalue weighted by Gasteiger charge is 2.43. The Kier molecular flexibility index (Phi) is 6.53. The molecular formula is C56H41N. The Hall–Kier alpha value is -6.70. The van der Waals surface area contributed by atoms with Crippen LogP contribution >= 0.6 is 0 Å². The second-order valence-corrected chi connectivity index (χ2v) is 17.3. The van der Waals surface area contributed by atoms with Crippen molar-refractivity contribution in [3.8, 4) is 50.2 Å². The van der Waals surface area contributed by atoms with Gasteiger partial charge in [0.05, 0.1) is 11.0 Å². The van der Waals surface area contributed by atoms with Crippen LogP contribution in [0.4, 0.5) is 0 Å². The van der Waals surface area contributed by atoms with Crippen LogP contribution in [-0.2, 0) is 10.8 Å². The van der Waals surface area contributed by atoms with Gasteiger partial charge in [-0.05, 0) is 107 Å². The highest BCUT2D eigenvalue weighted by Crippen LogP contribution is 2.58. The van der Waals surface area contributed by atoms with Crippen molar-refractivity contribution in [3.63, 3.8) is 0 Å². The van der Waals surface area contributed by atoms with E-state index >= 15 is 0 Å². The second kappa shape index (κ2) is 11.4. The third-order valence-electron chi connectivity index (χ3n) is 13.5. The van der Waals surface area contributed by atoms with Crippen molar-refractivity contribution in [3.05, 3.63) is 198 Å². The first-order valence-corrected chi connectivity index (χ1v) is 20.3. The summed E-state index contributed by atoms with van der Waals surface area (Å²) in [6.45, 7) is 9.78. The average Bonchev–Trinajstić information content (AvgIpc) is 3.80. The van der Waals surface area contributed by atoms with E-state index in [1.165, 1.54) is 116 Å². The third-order valence-corrected chi connectivity index (χ3v) is 13.5. The lowest BCUT2D eigenvalue weighted by Gasteiger charge is -2.26. The van der Waals surface area contributed by atoms with Gasteiger partial charge in [-0.25, -0.2) is 0 Å². The highest BCUT2D eigenvalue weighted by molar-refractivity contribution is 6.18. The summed E-state index contributed by atoms with van der Waals surface area (Å²) in [7, 11) is 0. The Labute approximate surface area is 333 Å². The van der Waals surface area contributed by atoms with E-state index in [4.69, 9.17) is 0 Å². The van der Waals surface area contributed by atoms with Gasteiger partial charge in [-0.1, -0.05) is 185 Å². The molecule has 0 N–H and O–H groups in total. The summed E-state index contributed by atoms with van der Waals surface area (Å²) in [6, 6.07) is 66.0. The van der Waals surface area contributed by atoms with Crippen LogP contribution in [0.1, 0.15) is 49.9 Å². The van der Waals surface area contributed by atoms with E-state index in [1.807, 2.05) is 0 Å². The van der Waals surface area contributed by atoms with Gasteiger partial charge in [-0.2, -0.15) is 0 Å². The van der Waals surface area contributed by atoms with Crippen LogP contribution in [-0.4, -0.2) is 4.57 Å². The van der Waals surface area contributed by atoms with Crippen molar-refractivity contribution in [1.29, 1.82) is 0 Å². The van der Waals surface area contributed by atoms with Gasteiger partial charge in [0, 0.05) is 27.3 Å². The molecule has 1 aromatic heterocycles.